The second kappa shape index (κ2) is 6.60. The smallest absolute Gasteiger partial charge is 0.255 e. The van der Waals surface area contributed by atoms with Crippen LogP contribution < -0.4 is 19.5 Å². The number of ether oxygens (including phenoxy) is 3. The molecule has 0 radical (unpaired) electrons. The molecule has 1 aromatic heterocycles. The molecule has 0 bridgehead atoms. The van der Waals surface area contributed by atoms with E-state index in [4.69, 9.17) is 14.2 Å². The number of rotatable bonds is 5. The number of pyridine rings is 1. The number of amides is 1. The Kier molecular flexibility index (Phi) is 4.61. The Morgan fingerprint density at radius 2 is 1.67 bits per heavy atom. The molecule has 0 aliphatic rings. The van der Waals surface area contributed by atoms with E-state index in [1.165, 1.54) is 27.5 Å². The number of hydrogen-bond donors (Lipinski definition) is 1. The molecular weight excluding hydrogens is 272 g/mol. The average molecular weight is 288 g/mol. The molecule has 6 nitrogen and oxygen atoms in total. The van der Waals surface area contributed by atoms with Crippen LogP contribution in [-0.4, -0.2) is 32.2 Å². The maximum Gasteiger partial charge on any atom is 0.255 e. The first-order valence-electron chi connectivity index (χ1n) is 6.20. The van der Waals surface area contributed by atoms with E-state index >= 15 is 0 Å². The van der Waals surface area contributed by atoms with Gasteiger partial charge in [-0.2, -0.15) is 0 Å². The summed E-state index contributed by atoms with van der Waals surface area (Å²) in [7, 11) is 4.59. The fraction of sp³-hybridized carbons (Fsp3) is 0.200. The molecule has 0 unspecified atom stereocenters. The van der Waals surface area contributed by atoms with Crippen LogP contribution in [0.5, 0.6) is 17.4 Å². The Hall–Kier alpha value is -2.76. The van der Waals surface area contributed by atoms with Gasteiger partial charge in [-0.05, 0) is 18.2 Å². The van der Waals surface area contributed by atoms with E-state index in [1.807, 2.05) is 0 Å². The van der Waals surface area contributed by atoms with E-state index in [-0.39, 0.29) is 5.91 Å². The molecule has 0 aliphatic carbocycles. The zero-order valence-corrected chi connectivity index (χ0v) is 12.0. The van der Waals surface area contributed by atoms with Crippen LogP contribution in [0.1, 0.15) is 10.4 Å². The van der Waals surface area contributed by atoms with Crippen molar-refractivity contribution in [3.63, 3.8) is 0 Å². The first-order valence-corrected chi connectivity index (χ1v) is 6.20. The Morgan fingerprint density at radius 1 is 1.00 bits per heavy atom. The first-order chi connectivity index (χ1) is 10.2. The minimum atomic E-state index is -0.279. The molecular formula is C15H16N2O4. The van der Waals surface area contributed by atoms with E-state index < -0.39 is 0 Å². The molecule has 1 heterocycles. The topological polar surface area (TPSA) is 69.7 Å². The Bertz CT molecular complexity index is 604. The van der Waals surface area contributed by atoms with Crippen molar-refractivity contribution in [2.24, 2.45) is 0 Å². The summed E-state index contributed by atoms with van der Waals surface area (Å²) in [5, 5.41) is 2.74. The lowest BCUT2D eigenvalue weighted by Gasteiger charge is -2.09. The molecule has 0 fully saturated rings. The van der Waals surface area contributed by atoms with Crippen LogP contribution in [0.15, 0.2) is 36.5 Å². The highest BCUT2D eigenvalue weighted by molar-refractivity contribution is 6.04. The van der Waals surface area contributed by atoms with Crippen LogP contribution in [0, 0.1) is 0 Å². The van der Waals surface area contributed by atoms with Gasteiger partial charge in [-0.25, -0.2) is 4.98 Å². The van der Waals surface area contributed by atoms with E-state index in [1.54, 1.807) is 30.3 Å². The number of carbonyl (C=O) groups is 1. The number of hydrogen-bond acceptors (Lipinski definition) is 5. The molecule has 0 saturated carbocycles. The van der Waals surface area contributed by atoms with Gasteiger partial charge in [0, 0.05) is 17.7 Å². The molecule has 1 amide bonds. The number of benzene rings is 1. The van der Waals surface area contributed by atoms with Crippen molar-refractivity contribution in [1.29, 1.82) is 0 Å². The zero-order chi connectivity index (χ0) is 15.2. The summed E-state index contributed by atoms with van der Waals surface area (Å²) in [6.07, 6.45) is 1.52. The van der Waals surface area contributed by atoms with Gasteiger partial charge >= 0.3 is 0 Å². The minimum absolute atomic E-state index is 0.279. The fourth-order valence-corrected chi connectivity index (χ4v) is 1.72. The van der Waals surface area contributed by atoms with Crippen LogP contribution >= 0.6 is 0 Å². The minimum Gasteiger partial charge on any atom is -0.497 e. The third-order valence-electron chi connectivity index (χ3n) is 2.82. The highest BCUT2D eigenvalue weighted by Gasteiger charge is 2.10. The van der Waals surface area contributed by atoms with Gasteiger partial charge < -0.3 is 19.5 Å². The molecule has 110 valence electrons. The van der Waals surface area contributed by atoms with Crippen LogP contribution in [0.4, 0.5) is 5.69 Å². The maximum absolute atomic E-state index is 12.2. The number of nitrogens with one attached hydrogen (secondary N) is 1. The second-order valence-corrected chi connectivity index (χ2v) is 4.14. The van der Waals surface area contributed by atoms with Crippen LogP contribution in [-0.2, 0) is 0 Å². The van der Waals surface area contributed by atoms with Gasteiger partial charge in [-0.15, -0.1) is 0 Å². The third kappa shape index (κ3) is 3.62. The van der Waals surface area contributed by atoms with Gasteiger partial charge in [0.05, 0.1) is 33.2 Å². The number of nitrogens with zero attached hydrogens (tertiary/aromatic N) is 1. The quantitative estimate of drug-likeness (QED) is 0.914. The van der Waals surface area contributed by atoms with Gasteiger partial charge in [0.15, 0.2) is 0 Å². The maximum atomic E-state index is 12.2. The monoisotopic (exact) mass is 288 g/mol. The lowest BCUT2D eigenvalue weighted by Crippen LogP contribution is -2.12. The molecule has 1 aromatic carbocycles. The number of aromatic nitrogens is 1. The highest BCUT2D eigenvalue weighted by Crippen LogP contribution is 2.23. The largest absolute Gasteiger partial charge is 0.497 e. The van der Waals surface area contributed by atoms with Crippen molar-refractivity contribution in [2.45, 2.75) is 0 Å². The summed E-state index contributed by atoms with van der Waals surface area (Å²) in [6.45, 7) is 0. The Balaban J connectivity index is 2.18. The second-order valence-electron chi connectivity index (χ2n) is 4.14. The van der Waals surface area contributed by atoms with Crippen molar-refractivity contribution in [3.05, 3.63) is 42.1 Å². The van der Waals surface area contributed by atoms with Gasteiger partial charge in [-0.1, -0.05) is 0 Å². The number of anilines is 1. The van der Waals surface area contributed by atoms with Gasteiger partial charge in [0.25, 0.3) is 5.91 Å². The van der Waals surface area contributed by atoms with Crippen LogP contribution in [0.3, 0.4) is 0 Å². The van der Waals surface area contributed by atoms with E-state index in [9.17, 15) is 4.79 Å². The predicted molar refractivity (Wildman–Crippen MR) is 78.3 cm³/mol. The standard InChI is InChI=1S/C15H16N2O4/c1-19-12-6-10(7-13(8-12)20-2)15(18)17-11-4-5-14(21-3)16-9-11/h4-9H,1-3H3,(H,17,18). The van der Waals surface area contributed by atoms with E-state index in [0.717, 1.165) is 0 Å². The molecule has 2 aromatic rings. The fourth-order valence-electron chi connectivity index (χ4n) is 1.72. The Labute approximate surface area is 122 Å². The molecule has 0 aliphatic heterocycles. The van der Waals surface area contributed by atoms with Crippen molar-refractivity contribution in [1.82, 2.24) is 4.98 Å². The number of carbonyl (C=O) groups excluding carboxylic acids is 1. The third-order valence-corrected chi connectivity index (χ3v) is 2.82. The molecule has 0 atom stereocenters. The number of methoxy groups -OCH3 is 3. The van der Waals surface area contributed by atoms with Gasteiger partial charge in [0.2, 0.25) is 5.88 Å². The highest BCUT2D eigenvalue weighted by atomic mass is 16.5. The SMILES string of the molecule is COc1cc(OC)cc(C(=O)Nc2ccc(OC)nc2)c1. The molecule has 6 heteroatoms. The lowest BCUT2D eigenvalue weighted by molar-refractivity contribution is 0.102. The lowest BCUT2D eigenvalue weighted by atomic mass is 10.2. The summed E-state index contributed by atoms with van der Waals surface area (Å²) in [5.74, 6) is 1.30. The zero-order valence-electron chi connectivity index (χ0n) is 12.0. The first kappa shape index (κ1) is 14.6. The predicted octanol–water partition coefficient (Wildman–Crippen LogP) is 2.36. The van der Waals surface area contributed by atoms with Gasteiger partial charge in [0.1, 0.15) is 11.5 Å². The summed E-state index contributed by atoms with van der Waals surface area (Å²) in [6, 6.07) is 8.35. The molecule has 0 spiro atoms. The molecule has 2 rings (SSSR count). The normalized spacial score (nSPS) is 9.86. The van der Waals surface area contributed by atoms with Gasteiger partial charge in [-0.3, -0.25) is 4.79 Å². The summed E-state index contributed by atoms with van der Waals surface area (Å²) in [4.78, 5) is 16.2. The van der Waals surface area contributed by atoms with E-state index in [0.29, 0.717) is 28.6 Å². The average Bonchev–Trinajstić information content (AvgIpc) is 2.54. The van der Waals surface area contributed by atoms with Crippen LogP contribution in [0.25, 0.3) is 0 Å². The summed E-state index contributed by atoms with van der Waals surface area (Å²) >= 11 is 0. The van der Waals surface area contributed by atoms with Crippen molar-refractivity contribution < 1.29 is 19.0 Å². The van der Waals surface area contributed by atoms with Crippen molar-refractivity contribution >= 4 is 11.6 Å². The molecule has 21 heavy (non-hydrogen) atoms. The van der Waals surface area contributed by atoms with Crippen molar-refractivity contribution in [2.75, 3.05) is 26.6 Å². The summed E-state index contributed by atoms with van der Waals surface area (Å²) < 4.78 is 15.2. The summed E-state index contributed by atoms with van der Waals surface area (Å²) in [5.41, 5.74) is 1.00. The molecule has 0 saturated heterocycles. The van der Waals surface area contributed by atoms with Crippen molar-refractivity contribution in [3.8, 4) is 17.4 Å². The van der Waals surface area contributed by atoms with E-state index in [2.05, 4.69) is 10.3 Å². The van der Waals surface area contributed by atoms with Crippen LogP contribution in [0.2, 0.25) is 0 Å². The molecule has 1 N–H and O–H groups in total. The Morgan fingerprint density at radius 3 is 2.14 bits per heavy atom.